The second kappa shape index (κ2) is 4.06. The molecule has 2 aromatic rings. The molecule has 0 aliphatic carbocycles. The van der Waals surface area contributed by atoms with Crippen LogP contribution in [0.2, 0.25) is 0 Å². The number of fused-ring (bicyclic) bond motifs is 1. The second-order valence-corrected chi connectivity index (χ2v) is 4.35. The van der Waals surface area contributed by atoms with Crippen molar-refractivity contribution in [1.29, 1.82) is 5.41 Å². The van der Waals surface area contributed by atoms with Crippen molar-refractivity contribution in [2.45, 2.75) is 13.1 Å². The standard InChI is InChI=1S/C15H14N2/c16-15-14-9-5-4-8-13(14)11-17(15)10-12-6-2-1-3-7-12/h1-9,16H,10-11H2. The monoisotopic (exact) mass is 222 g/mol. The van der Waals surface area contributed by atoms with Crippen LogP contribution in [0.1, 0.15) is 16.7 Å². The topological polar surface area (TPSA) is 27.1 Å². The summed E-state index contributed by atoms with van der Waals surface area (Å²) in [5, 5.41) is 8.16. The number of nitrogens with zero attached hydrogens (tertiary/aromatic N) is 1. The summed E-state index contributed by atoms with van der Waals surface area (Å²) >= 11 is 0. The quantitative estimate of drug-likeness (QED) is 0.830. The molecule has 1 heterocycles. The average molecular weight is 222 g/mol. The third kappa shape index (κ3) is 1.82. The highest BCUT2D eigenvalue weighted by atomic mass is 15.2. The van der Waals surface area contributed by atoms with Gasteiger partial charge in [-0.3, -0.25) is 5.41 Å². The predicted octanol–water partition coefficient (Wildman–Crippen LogP) is 3.03. The molecule has 0 aromatic heterocycles. The molecule has 84 valence electrons. The number of hydrogen-bond acceptors (Lipinski definition) is 1. The van der Waals surface area contributed by atoms with Gasteiger partial charge in [0.15, 0.2) is 0 Å². The Kier molecular flexibility index (Phi) is 2.41. The SMILES string of the molecule is N=C1c2ccccc2CN1Cc1ccccc1. The van der Waals surface area contributed by atoms with E-state index in [-0.39, 0.29) is 0 Å². The van der Waals surface area contributed by atoms with Crippen LogP contribution in [0.3, 0.4) is 0 Å². The van der Waals surface area contributed by atoms with Crippen LogP contribution in [0.5, 0.6) is 0 Å². The highest BCUT2D eigenvalue weighted by Gasteiger charge is 2.23. The highest BCUT2D eigenvalue weighted by molar-refractivity contribution is 6.00. The second-order valence-electron chi connectivity index (χ2n) is 4.35. The first kappa shape index (κ1) is 10.1. The van der Waals surface area contributed by atoms with E-state index in [4.69, 9.17) is 5.41 Å². The van der Waals surface area contributed by atoms with Crippen LogP contribution >= 0.6 is 0 Å². The van der Waals surface area contributed by atoms with Gasteiger partial charge in [0.25, 0.3) is 0 Å². The van der Waals surface area contributed by atoms with Gasteiger partial charge < -0.3 is 4.90 Å². The number of rotatable bonds is 2. The van der Waals surface area contributed by atoms with Crippen molar-refractivity contribution in [3.8, 4) is 0 Å². The lowest BCUT2D eigenvalue weighted by atomic mass is 10.1. The van der Waals surface area contributed by atoms with Crippen LogP contribution in [0.15, 0.2) is 54.6 Å². The van der Waals surface area contributed by atoms with E-state index in [1.165, 1.54) is 11.1 Å². The third-order valence-corrected chi connectivity index (χ3v) is 3.17. The minimum Gasteiger partial charge on any atom is -0.348 e. The van der Waals surface area contributed by atoms with Gasteiger partial charge in [-0.15, -0.1) is 0 Å². The number of benzene rings is 2. The molecule has 3 rings (SSSR count). The molecule has 0 unspecified atom stereocenters. The van der Waals surface area contributed by atoms with Crippen molar-refractivity contribution in [2.24, 2.45) is 0 Å². The van der Waals surface area contributed by atoms with Gasteiger partial charge in [-0.25, -0.2) is 0 Å². The lowest BCUT2D eigenvalue weighted by molar-refractivity contribution is 0.422. The first-order chi connectivity index (χ1) is 8.34. The van der Waals surface area contributed by atoms with Crippen molar-refractivity contribution in [3.05, 3.63) is 71.3 Å². The van der Waals surface area contributed by atoms with Crippen LogP contribution in [-0.2, 0) is 13.1 Å². The van der Waals surface area contributed by atoms with E-state index >= 15 is 0 Å². The number of nitrogens with one attached hydrogen (secondary N) is 1. The van der Waals surface area contributed by atoms with E-state index in [2.05, 4.69) is 23.1 Å². The molecule has 0 bridgehead atoms. The fourth-order valence-electron chi connectivity index (χ4n) is 2.28. The molecule has 1 N–H and O–H groups in total. The van der Waals surface area contributed by atoms with Crippen molar-refractivity contribution in [1.82, 2.24) is 4.90 Å². The van der Waals surface area contributed by atoms with E-state index in [1.54, 1.807) is 0 Å². The summed E-state index contributed by atoms with van der Waals surface area (Å²) in [5.41, 5.74) is 3.59. The van der Waals surface area contributed by atoms with Gasteiger partial charge in [0.05, 0.1) is 0 Å². The summed E-state index contributed by atoms with van der Waals surface area (Å²) in [6.45, 7) is 1.66. The zero-order valence-electron chi connectivity index (χ0n) is 9.56. The Morgan fingerprint density at radius 3 is 2.41 bits per heavy atom. The predicted molar refractivity (Wildman–Crippen MR) is 69.0 cm³/mol. The minimum atomic E-state index is 0.643. The van der Waals surface area contributed by atoms with Crippen LogP contribution in [0.4, 0.5) is 0 Å². The lowest BCUT2D eigenvalue weighted by Gasteiger charge is -2.17. The summed E-state index contributed by atoms with van der Waals surface area (Å²) in [6.07, 6.45) is 0. The molecule has 0 fully saturated rings. The first-order valence-electron chi connectivity index (χ1n) is 5.80. The largest absolute Gasteiger partial charge is 0.348 e. The Balaban J connectivity index is 1.83. The zero-order valence-corrected chi connectivity index (χ0v) is 9.56. The fourth-order valence-corrected chi connectivity index (χ4v) is 2.28. The Morgan fingerprint density at radius 1 is 0.941 bits per heavy atom. The summed E-state index contributed by atoms with van der Waals surface area (Å²) in [4.78, 5) is 2.11. The molecule has 1 aliphatic rings. The van der Waals surface area contributed by atoms with Gasteiger partial charge in [-0.05, 0) is 11.1 Å². The molecular weight excluding hydrogens is 208 g/mol. The molecule has 0 spiro atoms. The molecular formula is C15H14N2. The van der Waals surface area contributed by atoms with Gasteiger partial charge in [0, 0.05) is 18.7 Å². The highest BCUT2D eigenvalue weighted by Crippen LogP contribution is 2.23. The van der Waals surface area contributed by atoms with Gasteiger partial charge in [-0.1, -0.05) is 54.6 Å². The van der Waals surface area contributed by atoms with E-state index in [9.17, 15) is 0 Å². The van der Waals surface area contributed by atoms with E-state index < -0.39 is 0 Å². The molecule has 0 atom stereocenters. The maximum atomic E-state index is 8.16. The summed E-state index contributed by atoms with van der Waals surface area (Å²) in [7, 11) is 0. The van der Waals surface area contributed by atoms with Crippen molar-refractivity contribution < 1.29 is 0 Å². The Bertz CT molecular complexity index is 546. The molecule has 0 saturated carbocycles. The van der Waals surface area contributed by atoms with Crippen LogP contribution < -0.4 is 0 Å². The summed E-state index contributed by atoms with van der Waals surface area (Å²) in [6, 6.07) is 18.5. The van der Waals surface area contributed by atoms with Crippen LogP contribution in [0.25, 0.3) is 0 Å². The van der Waals surface area contributed by atoms with Gasteiger partial charge in [0.2, 0.25) is 0 Å². The fraction of sp³-hybridized carbons (Fsp3) is 0.133. The molecule has 17 heavy (non-hydrogen) atoms. The molecule has 2 nitrogen and oxygen atoms in total. The van der Waals surface area contributed by atoms with Gasteiger partial charge in [0.1, 0.15) is 5.84 Å². The lowest BCUT2D eigenvalue weighted by Crippen LogP contribution is -2.23. The third-order valence-electron chi connectivity index (χ3n) is 3.17. The molecule has 2 heteroatoms. The Labute approximate surface area is 101 Å². The molecule has 0 saturated heterocycles. The van der Waals surface area contributed by atoms with Crippen molar-refractivity contribution in [2.75, 3.05) is 0 Å². The van der Waals surface area contributed by atoms with E-state index in [0.29, 0.717) is 5.84 Å². The van der Waals surface area contributed by atoms with Crippen LogP contribution in [0, 0.1) is 5.41 Å². The van der Waals surface area contributed by atoms with E-state index in [1.807, 2.05) is 36.4 Å². The normalized spacial score (nSPS) is 13.9. The summed E-state index contributed by atoms with van der Waals surface area (Å²) < 4.78 is 0. The van der Waals surface area contributed by atoms with Crippen molar-refractivity contribution in [3.63, 3.8) is 0 Å². The molecule has 2 aromatic carbocycles. The van der Waals surface area contributed by atoms with Gasteiger partial charge >= 0.3 is 0 Å². The molecule has 0 radical (unpaired) electrons. The van der Waals surface area contributed by atoms with E-state index in [0.717, 1.165) is 18.7 Å². The Hall–Kier alpha value is -2.09. The van der Waals surface area contributed by atoms with Gasteiger partial charge in [-0.2, -0.15) is 0 Å². The maximum Gasteiger partial charge on any atom is 0.129 e. The number of hydrogen-bond donors (Lipinski definition) is 1. The zero-order chi connectivity index (χ0) is 11.7. The molecule has 1 aliphatic heterocycles. The number of amidine groups is 1. The molecule has 0 amide bonds. The first-order valence-corrected chi connectivity index (χ1v) is 5.80. The van der Waals surface area contributed by atoms with Crippen molar-refractivity contribution >= 4 is 5.84 Å². The van der Waals surface area contributed by atoms with Crippen LogP contribution in [-0.4, -0.2) is 10.7 Å². The smallest absolute Gasteiger partial charge is 0.129 e. The summed E-state index contributed by atoms with van der Waals surface area (Å²) in [5.74, 6) is 0.643. The minimum absolute atomic E-state index is 0.643. The Morgan fingerprint density at radius 2 is 1.65 bits per heavy atom. The maximum absolute atomic E-state index is 8.16. The average Bonchev–Trinajstić information content (AvgIpc) is 2.68.